The molecule has 0 aromatic carbocycles. The summed E-state index contributed by atoms with van der Waals surface area (Å²) in [5.74, 6) is 0.435. The minimum atomic E-state index is -0.947. The zero-order valence-electron chi connectivity index (χ0n) is 11.7. The van der Waals surface area contributed by atoms with Crippen molar-refractivity contribution in [2.75, 3.05) is 38.1 Å². The number of hydrogen-bond donors (Lipinski definition) is 2. The molecule has 1 unspecified atom stereocenters. The van der Waals surface area contributed by atoms with Gasteiger partial charge in [-0.2, -0.15) is 0 Å². The van der Waals surface area contributed by atoms with Gasteiger partial charge in [-0.1, -0.05) is 0 Å². The fourth-order valence-corrected chi connectivity index (χ4v) is 2.55. The third-order valence-corrected chi connectivity index (χ3v) is 3.52. The minimum absolute atomic E-state index is 0.0436. The van der Waals surface area contributed by atoms with Gasteiger partial charge in [0.1, 0.15) is 0 Å². The van der Waals surface area contributed by atoms with Gasteiger partial charge in [0.15, 0.2) is 0 Å². The van der Waals surface area contributed by atoms with Crippen LogP contribution in [0.1, 0.15) is 12.8 Å². The molecule has 3 N–H and O–H groups in total. The molecule has 1 amide bonds. The molecular weight excluding hydrogens is 258 g/mol. The number of carbonyl (C=O) groups is 1. The second kappa shape index (κ2) is 6.15. The molecule has 110 valence electrons. The highest BCUT2D eigenvalue weighted by molar-refractivity contribution is 5.77. The van der Waals surface area contributed by atoms with E-state index in [1.807, 2.05) is 4.90 Å². The number of carbonyl (C=O) groups excluding carboxylic acids is 1. The lowest BCUT2D eigenvalue weighted by molar-refractivity contribution is -0.132. The Hall–Kier alpha value is -1.73. The molecule has 2 heterocycles. The molecule has 2 rings (SSSR count). The molecule has 1 atom stereocenters. The van der Waals surface area contributed by atoms with Gasteiger partial charge in [0.2, 0.25) is 11.9 Å². The predicted octanol–water partition coefficient (Wildman–Crippen LogP) is -0.775. The van der Waals surface area contributed by atoms with E-state index in [-0.39, 0.29) is 19.0 Å². The van der Waals surface area contributed by atoms with Crippen LogP contribution >= 0.6 is 0 Å². The lowest BCUT2D eigenvalue weighted by atomic mass is 9.92. The summed E-state index contributed by atoms with van der Waals surface area (Å²) in [5, 5.41) is 10.7. The van der Waals surface area contributed by atoms with E-state index in [1.54, 1.807) is 25.5 Å². The molecule has 0 aliphatic carbocycles. The van der Waals surface area contributed by atoms with Gasteiger partial charge in [-0.25, -0.2) is 9.97 Å². The van der Waals surface area contributed by atoms with Crippen molar-refractivity contribution in [3.63, 3.8) is 0 Å². The average molecular weight is 279 g/mol. The van der Waals surface area contributed by atoms with Crippen LogP contribution in [-0.2, 0) is 4.79 Å². The van der Waals surface area contributed by atoms with Crippen LogP contribution in [0, 0.1) is 0 Å². The Bertz CT molecular complexity index is 455. The zero-order valence-corrected chi connectivity index (χ0v) is 11.7. The second-order valence-electron chi connectivity index (χ2n) is 5.25. The van der Waals surface area contributed by atoms with Gasteiger partial charge < -0.3 is 20.6 Å². The number of aromatic nitrogens is 2. The van der Waals surface area contributed by atoms with Gasteiger partial charge in [-0.3, -0.25) is 4.79 Å². The Labute approximate surface area is 118 Å². The Kier molecular flexibility index (Phi) is 4.51. The summed E-state index contributed by atoms with van der Waals surface area (Å²) in [5.41, 5.74) is 4.39. The van der Waals surface area contributed by atoms with E-state index in [2.05, 4.69) is 9.97 Å². The highest BCUT2D eigenvalue weighted by Gasteiger charge is 2.36. The van der Waals surface area contributed by atoms with Crippen molar-refractivity contribution in [2.24, 2.45) is 5.73 Å². The van der Waals surface area contributed by atoms with Crippen molar-refractivity contribution < 1.29 is 9.90 Å². The predicted molar refractivity (Wildman–Crippen MR) is 75.1 cm³/mol. The summed E-state index contributed by atoms with van der Waals surface area (Å²) in [7, 11) is 1.66. The molecule has 1 fully saturated rings. The fourth-order valence-electron chi connectivity index (χ4n) is 2.55. The maximum Gasteiger partial charge on any atom is 0.236 e. The number of piperidine rings is 1. The van der Waals surface area contributed by atoms with Crippen LogP contribution in [0.15, 0.2) is 18.5 Å². The molecule has 0 saturated carbocycles. The van der Waals surface area contributed by atoms with Crippen LogP contribution < -0.4 is 10.6 Å². The zero-order chi connectivity index (χ0) is 14.6. The molecular formula is C13H21N5O2. The summed E-state index contributed by atoms with van der Waals surface area (Å²) in [6.07, 6.45) is 4.85. The van der Waals surface area contributed by atoms with Crippen molar-refractivity contribution in [3.8, 4) is 0 Å². The van der Waals surface area contributed by atoms with Gasteiger partial charge in [0.25, 0.3) is 0 Å². The average Bonchev–Trinajstić information content (AvgIpc) is 2.46. The molecule has 0 radical (unpaired) electrons. The third kappa shape index (κ3) is 3.43. The number of nitrogens with two attached hydrogens (primary N) is 1. The van der Waals surface area contributed by atoms with Crippen LogP contribution in [0.25, 0.3) is 0 Å². The highest BCUT2D eigenvalue weighted by atomic mass is 16.3. The minimum Gasteiger partial charge on any atom is -0.386 e. The number of rotatable bonds is 4. The largest absolute Gasteiger partial charge is 0.386 e. The van der Waals surface area contributed by atoms with Gasteiger partial charge in [0, 0.05) is 26.0 Å². The van der Waals surface area contributed by atoms with E-state index in [0.717, 1.165) is 13.0 Å². The topological polar surface area (TPSA) is 95.6 Å². The SMILES string of the molecule is CN(CC1(O)CCCN(c2ncccn2)C1)C(=O)CN. The van der Waals surface area contributed by atoms with E-state index in [4.69, 9.17) is 5.73 Å². The molecule has 1 aliphatic heterocycles. The fraction of sp³-hybridized carbons (Fsp3) is 0.615. The summed E-state index contributed by atoms with van der Waals surface area (Å²) in [4.78, 5) is 23.4. The molecule has 1 aromatic rings. The summed E-state index contributed by atoms with van der Waals surface area (Å²) < 4.78 is 0. The first-order chi connectivity index (χ1) is 9.54. The normalized spacial score (nSPS) is 22.6. The van der Waals surface area contributed by atoms with Gasteiger partial charge in [-0.15, -0.1) is 0 Å². The lowest BCUT2D eigenvalue weighted by Crippen LogP contribution is -2.55. The maximum absolute atomic E-state index is 11.5. The van der Waals surface area contributed by atoms with Crippen molar-refractivity contribution in [1.29, 1.82) is 0 Å². The van der Waals surface area contributed by atoms with Crippen molar-refractivity contribution in [1.82, 2.24) is 14.9 Å². The Morgan fingerprint density at radius 2 is 2.25 bits per heavy atom. The number of aliphatic hydroxyl groups is 1. The lowest BCUT2D eigenvalue weighted by Gasteiger charge is -2.41. The molecule has 20 heavy (non-hydrogen) atoms. The molecule has 7 heteroatoms. The number of amides is 1. The van der Waals surface area contributed by atoms with E-state index in [0.29, 0.717) is 18.9 Å². The number of likely N-dealkylation sites (N-methyl/N-ethyl adjacent to an activating group) is 1. The second-order valence-corrected chi connectivity index (χ2v) is 5.25. The summed E-state index contributed by atoms with van der Waals surface area (Å²) >= 11 is 0. The van der Waals surface area contributed by atoms with Crippen molar-refractivity contribution in [2.45, 2.75) is 18.4 Å². The quantitative estimate of drug-likeness (QED) is 0.751. The van der Waals surface area contributed by atoms with E-state index in [1.165, 1.54) is 4.90 Å². The van der Waals surface area contributed by atoms with Crippen LogP contribution in [0.4, 0.5) is 5.95 Å². The molecule has 1 saturated heterocycles. The van der Waals surface area contributed by atoms with Gasteiger partial charge in [-0.05, 0) is 18.9 Å². The molecule has 0 bridgehead atoms. The van der Waals surface area contributed by atoms with Crippen molar-refractivity contribution >= 4 is 11.9 Å². The molecule has 7 nitrogen and oxygen atoms in total. The number of nitrogens with zero attached hydrogens (tertiary/aromatic N) is 4. The van der Waals surface area contributed by atoms with E-state index in [9.17, 15) is 9.90 Å². The van der Waals surface area contributed by atoms with Gasteiger partial charge >= 0.3 is 0 Å². The maximum atomic E-state index is 11.5. The summed E-state index contributed by atoms with van der Waals surface area (Å²) in [6, 6.07) is 1.76. The Balaban J connectivity index is 2.03. The smallest absolute Gasteiger partial charge is 0.236 e. The Morgan fingerprint density at radius 1 is 1.55 bits per heavy atom. The van der Waals surface area contributed by atoms with Crippen LogP contribution in [0.5, 0.6) is 0 Å². The molecule has 1 aliphatic rings. The third-order valence-electron chi connectivity index (χ3n) is 3.52. The first-order valence-electron chi connectivity index (χ1n) is 6.72. The van der Waals surface area contributed by atoms with Crippen LogP contribution in [0.3, 0.4) is 0 Å². The first-order valence-corrected chi connectivity index (χ1v) is 6.72. The Morgan fingerprint density at radius 3 is 2.90 bits per heavy atom. The summed E-state index contributed by atoms with van der Waals surface area (Å²) in [6.45, 7) is 1.45. The molecule has 0 spiro atoms. The standard InChI is InChI=1S/C13H21N5O2/c1-17(11(19)8-14)9-13(20)4-2-7-18(10-13)12-15-5-3-6-16-12/h3,5-6,20H,2,4,7-10,14H2,1H3. The monoisotopic (exact) mass is 279 g/mol. The van der Waals surface area contributed by atoms with Gasteiger partial charge in [0.05, 0.1) is 25.2 Å². The molecule has 1 aromatic heterocycles. The van der Waals surface area contributed by atoms with Crippen LogP contribution in [0.2, 0.25) is 0 Å². The van der Waals surface area contributed by atoms with E-state index < -0.39 is 5.60 Å². The number of hydrogen-bond acceptors (Lipinski definition) is 6. The first kappa shape index (κ1) is 14.7. The van der Waals surface area contributed by atoms with E-state index >= 15 is 0 Å². The highest BCUT2D eigenvalue weighted by Crippen LogP contribution is 2.24. The number of β-amino-alcohol motifs (C(OH)–C–C–N with tert-alkyl or cyclic N) is 1. The van der Waals surface area contributed by atoms with Crippen molar-refractivity contribution in [3.05, 3.63) is 18.5 Å². The number of anilines is 1. The van der Waals surface area contributed by atoms with Crippen LogP contribution in [-0.4, -0.2) is 64.7 Å².